The molecule has 0 radical (unpaired) electrons. The third-order valence-electron chi connectivity index (χ3n) is 3.77. The van der Waals surface area contributed by atoms with Crippen LogP contribution in [0.15, 0.2) is 12.1 Å². The van der Waals surface area contributed by atoms with Gasteiger partial charge in [0.2, 0.25) is 0 Å². The van der Waals surface area contributed by atoms with Crippen molar-refractivity contribution >= 4 is 11.6 Å². The second-order valence-corrected chi connectivity index (χ2v) is 6.42. The van der Waals surface area contributed by atoms with E-state index in [-0.39, 0.29) is 0 Å². The van der Waals surface area contributed by atoms with E-state index in [9.17, 15) is 5.11 Å². The molecule has 0 aromatic heterocycles. The van der Waals surface area contributed by atoms with Crippen molar-refractivity contribution < 1.29 is 5.11 Å². The SMILES string of the molecule is Cc1cc(O)c(CNCC(C(C)C)C(C)C)cc1Cl. The molecular formula is C16H26ClNO. The van der Waals surface area contributed by atoms with Gasteiger partial charge in [-0.25, -0.2) is 0 Å². The quantitative estimate of drug-likeness (QED) is 0.812. The Morgan fingerprint density at radius 2 is 1.74 bits per heavy atom. The highest BCUT2D eigenvalue weighted by atomic mass is 35.5. The molecule has 0 atom stereocenters. The minimum atomic E-state index is 0.319. The topological polar surface area (TPSA) is 32.3 Å². The Morgan fingerprint density at radius 3 is 2.26 bits per heavy atom. The van der Waals surface area contributed by atoms with Crippen LogP contribution < -0.4 is 5.32 Å². The molecule has 0 heterocycles. The van der Waals surface area contributed by atoms with Gasteiger partial charge in [-0.05, 0) is 48.9 Å². The molecule has 0 fully saturated rings. The number of nitrogens with one attached hydrogen (secondary N) is 1. The highest BCUT2D eigenvalue weighted by Crippen LogP contribution is 2.26. The van der Waals surface area contributed by atoms with Crippen LogP contribution in [0.25, 0.3) is 0 Å². The van der Waals surface area contributed by atoms with E-state index in [0.29, 0.717) is 35.1 Å². The Hall–Kier alpha value is -0.730. The Bertz CT molecular complexity index is 407. The first kappa shape index (κ1) is 16.3. The van der Waals surface area contributed by atoms with E-state index in [2.05, 4.69) is 33.0 Å². The van der Waals surface area contributed by atoms with Crippen LogP contribution >= 0.6 is 11.6 Å². The van der Waals surface area contributed by atoms with E-state index in [1.54, 1.807) is 6.07 Å². The fraction of sp³-hybridized carbons (Fsp3) is 0.625. The third-order valence-corrected chi connectivity index (χ3v) is 4.18. The zero-order valence-corrected chi connectivity index (χ0v) is 13.4. The Kier molecular flexibility index (Phi) is 6.15. The van der Waals surface area contributed by atoms with Crippen molar-refractivity contribution in [3.05, 3.63) is 28.3 Å². The van der Waals surface area contributed by atoms with E-state index in [0.717, 1.165) is 17.7 Å². The number of phenols is 1. The summed E-state index contributed by atoms with van der Waals surface area (Å²) in [5.41, 5.74) is 1.77. The second-order valence-electron chi connectivity index (χ2n) is 6.01. The van der Waals surface area contributed by atoms with Crippen LogP contribution in [0.5, 0.6) is 5.75 Å². The molecule has 2 nitrogen and oxygen atoms in total. The standard InChI is InChI=1S/C16H26ClNO/c1-10(2)14(11(3)4)9-18-8-13-7-15(17)12(5)6-16(13)19/h6-7,10-11,14,18-19H,8-9H2,1-5H3. The largest absolute Gasteiger partial charge is 0.508 e. The summed E-state index contributed by atoms with van der Waals surface area (Å²) in [6, 6.07) is 3.57. The lowest BCUT2D eigenvalue weighted by molar-refractivity contribution is 0.275. The smallest absolute Gasteiger partial charge is 0.120 e. The highest BCUT2D eigenvalue weighted by Gasteiger charge is 2.17. The minimum absolute atomic E-state index is 0.319. The van der Waals surface area contributed by atoms with Crippen LogP contribution in [0.2, 0.25) is 5.02 Å². The normalized spacial score (nSPS) is 11.8. The lowest BCUT2D eigenvalue weighted by Crippen LogP contribution is -2.29. The zero-order valence-electron chi connectivity index (χ0n) is 12.6. The summed E-state index contributed by atoms with van der Waals surface area (Å²) < 4.78 is 0. The van der Waals surface area contributed by atoms with Crippen molar-refractivity contribution in [2.75, 3.05) is 6.54 Å². The molecule has 0 aliphatic rings. The molecular weight excluding hydrogens is 258 g/mol. The number of phenolic OH excluding ortho intramolecular Hbond substituents is 1. The first-order valence-corrected chi connectivity index (χ1v) is 7.39. The zero-order chi connectivity index (χ0) is 14.6. The van der Waals surface area contributed by atoms with Crippen LogP contribution in [0.3, 0.4) is 0 Å². The predicted octanol–water partition coefficient (Wildman–Crippen LogP) is 4.37. The maximum atomic E-state index is 9.90. The fourth-order valence-corrected chi connectivity index (χ4v) is 2.65. The Labute approximate surface area is 122 Å². The molecule has 0 saturated carbocycles. The second kappa shape index (κ2) is 7.16. The van der Waals surface area contributed by atoms with Crippen molar-refractivity contribution in [1.82, 2.24) is 5.32 Å². The van der Waals surface area contributed by atoms with Gasteiger partial charge in [0.25, 0.3) is 0 Å². The number of benzene rings is 1. The van der Waals surface area contributed by atoms with Gasteiger partial charge < -0.3 is 10.4 Å². The van der Waals surface area contributed by atoms with E-state index in [1.165, 1.54) is 0 Å². The molecule has 0 saturated heterocycles. The lowest BCUT2D eigenvalue weighted by Gasteiger charge is -2.25. The maximum Gasteiger partial charge on any atom is 0.120 e. The molecule has 3 heteroatoms. The molecule has 0 spiro atoms. The van der Waals surface area contributed by atoms with Crippen molar-refractivity contribution in [2.45, 2.75) is 41.2 Å². The molecule has 0 unspecified atom stereocenters. The molecule has 2 N–H and O–H groups in total. The number of rotatable bonds is 6. The van der Waals surface area contributed by atoms with E-state index >= 15 is 0 Å². The van der Waals surface area contributed by atoms with Gasteiger partial charge in [0.05, 0.1) is 0 Å². The number of aromatic hydroxyl groups is 1. The average Bonchev–Trinajstić information content (AvgIpc) is 2.29. The minimum Gasteiger partial charge on any atom is -0.508 e. The number of aryl methyl sites for hydroxylation is 1. The van der Waals surface area contributed by atoms with Crippen molar-refractivity contribution in [1.29, 1.82) is 0 Å². The molecule has 108 valence electrons. The molecule has 1 rings (SSSR count). The summed E-state index contributed by atoms with van der Waals surface area (Å²) in [4.78, 5) is 0. The van der Waals surface area contributed by atoms with Crippen LogP contribution in [-0.2, 0) is 6.54 Å². The summed E-state index contributed by atoms with van der Waals surface area (Å²) in [5, 5.41) is 14.0. The first-order valence-electron chi connectivity index (χ1n) is 7.01. The van der Waals surface area contributed by atoms with Gasteiger partial charge in [0, 0.05) is 17.1 Å². The lowest BCUT2D eigenvalue weighted by atomic mass is 9.85. The third kappa shape index (κ3) is 4.70. The molecule has 0 bridgehead atoms. The van der Waals surface area contributed by atoms with Crippen LogP contribution in [0.1, 0.15) is 38.8 Å². The number of hydrogen-bond donors (Lipinski definition) is 2. The highest BCUT2D eigenvalue weighted by molar-refractivity contribution is 6.31. The van der Waals surface area contributed by atoms with Gasteiger partial charge in [-0.1, -0.05) is 39.3 Å². The van der Waals surface area contributed by atoms with E-state index < -0.39 is 0 Å². The van der Waals surface area contributed by atoms with E-state index in [4.69, 9.17) is 11.6 Å². The summed E-state index contributed by atoms with van der Waals surface area (Å²) in [5.74, 6) is 2.27. The molecule has 0 aliphatic heterocycles. The van der Waals surface area contributed by atoms with Crippen molar-refractivity contribution in [3.63, 3.8) is 0 Å². The van der Waals surface area contributed by atoms with Gasteiger partial charge in [0.15, 0.2) is 0 Å². The van der Waals surface area contributed by atoms with Gasteiger partial charge in [-0.15, -0.1) is 0 Å². The molecule has 1 aromatic carbocycles. The Balaban J connectivity index is 2.60. The predicted molar refractivity (Wildman–Crippen MR) is 82.7 cm³/mol. The summed E-state index contributed by atoms with van der Waals surface area (Å²) in [7, 11) is 0. The van der Waals surface area contributed by atoms with Crippen molar-refractivity contribution in [2.24, 2.45) is 17.8 Å². The fourth-order valence-electron chi connectivity index (χ4n) is 2.46. The van der Waals surface area contributed by atoms with Crippen LogP contribution in [-0.4, -0.2) is 11.7 Å². The first-order chi connectivity index (χ1) is 8.82. The van der Waals surface area contributed by atoms with Gasteiger partial charge >= 0.3 is 0 Å². The van der Waals surface area contributed by atoms with Gasteiger partial charge in [0.1, 0.15) is 5.75 Å². The number of halogens is 1. The maximum absolute atomic E-state index is 9.90. The summed E-state index contributed by atoms with van der Waals surface area (Å²) >= 11 is 6.09. The Morgan fingerprint density at radius 1 is 1.16 bits per heavy atom. The summed E-state index contributed by atoms with van der Waals surface area (Å²) in [6.07, 6.45) is 0. The number of hydrogen-bond acceptors (Lipinski definition) is 2. The molecule has 0 aliphatic carbocycles. The van der Waals surface area contributed by atoms with E-state index in [1.807, 2.05) is 13.0 Å². The van der Waals surface area contributed by atoms with Crippen molar-refractivity contribution in [3.8, 4) is 5.75 Å². The van der Waals surface area contributed by atoms with Crippen LogP contribution in [0.4, 0.5) is 0 Å². The van der Waals surface area contributed by atoms with Crippen LogP contribution in [0, 0.1) is 24.7 Å². The molecule has 1 aromatic rings. The monoisotopic (exact) mass is 283 g/mol. The molecule has 19 heavy (non-hydrogen) atoms. The van der Waals surface area contributed by atoms with Gasteiger partial charge in [-0.3, -0.25) is 0 Å². The molecule has 0 amide bonds. The average molecular weight is 284 g/mol. The van der Waals surface area contributed by atoms with Gasteiger partial charge in [-0.2, -0.15) is 0 Å². The summed E-state index contributed by atoms with van der Waals surface area (Å²) in [6.45, 7) is 12.5.